The maximum absolute atomic E-state index is 13.1. The average molecular weight is 577 g/mol. The number of ether oxygens (including phenoxy) is 2. The fourth-order valence-corrected chi connectivity index (χ4v) is 5.33. The van der Waals surface area contributed by atoms with E-state index in [1.165, 1.54) is 18.3 Å². The highest BCUT2D eigenvalue weighted by molar-refractivity contribution is 5.86. The van der Waals surface area contributed by atoms with Crippen molar-refractivity contribution in [3.8, 4) is 39.7 Å². The average Bonchev–Trinajstić information content (AvgIpc) is 3.63. The predicted octanol–water partition coefficient (Wildman–Crippen LogP) is 7.54. The van der Waals surface area contributed by atoms with Crippen LogP contribution in [0.4, 0.5) is 13.2 Å². The Balaban J connectivity index is 1.33. The van der Waals surface area contributed by atoms with Crippen LogP contribution in [0.25, 0.3) is 44.9 Å². The monoisotopic (exact) mass is 576 g/mol. The minimum absolute atomic E-state index is 0.0334. The van der Waals surface area contributed by atoms with Crippen molar-refractivity contribution in [2.24, 2.45) is 0 Å². The van der Waals surface area contributed by atoms with E-state index in [1.807, 2.05) is 39.0 Å². The van der Waals surface area contributed by atoms with Crippen molar-refractivity contribution in [3.05, 3.63) is 72.7 Å². The van der Waals surface area contributed by atoms with Gasteiger partial charge in [0.25, 0.3) is 5.89 Å². The molecule has 0 bridgehead atoms. The molecular formula is C31H27F3N4O4. The Kier molecular flexibility index (Phi) is 6.75. The van der Waals surface area contributed by atoms with Crippen LogP contribution in [0.3, 0.4) is 0 Å². The van der Waals surface area contributed by atoms with Gasteiger partial charge in [0, 0.05) is 46.3 Å². The van der Waals surface area contributed by atoms with E-state index in [1.54, 1.807) is 24.4 Å². The molecule has 0 N–H and O–H groups in total. The van der Waals surface area contributed by atoms with Gasteiger partial charge in [-0.3, -0.25) is 9.78 Å². The summed E-state index contributed by atoms with van der Waals surface area (Å²) in [7, 11) is 0. The second-order valence-corrected chi connectivity index (χ2v) is 11.2. The summed E-state index contributed by atoms with van der Waals surface area (Å²) in [5.74, 6) is -0.358. The maximum Gasteiger partial charge on any atom is 0.573 e. The largest absolute Gasteiger partial charge is 0.573 e. The minimum Gasteiger partial charge on any atom is -0.460 e. The molecule has 0 saturated carbocycles. The van der Waals surface area contributed by atoms with E-state index >= 15 is 0 Å². The summed E-state index contributed by atoms with van der Waals surface area (Å²) in [5.41, 5.74) is 3.47. The number of benzene rings is 2. The van der Waals surface area contributed by atoms with E-state index in [0.717, 1.165) is 29.4 Å². The van der Waals surface area contributed by atoms with E-state index in [0.29, 0.717) is 16.7 Å². The van der Waals surface area contributed by atoms with Crippen molar-refractivity contribution in [2.45, 2.75) is 58.0 Å². The predicted molar refractivity (Wildman–Crippen MR) is 148 cm³/mol. The Bertz CT molecular complexity index is 1770. The SMILES string of the molecule is CC(C)(C)OC(=O)CC1CCc2cc3ccc(-c4noc(-c5cc(OC(F)(F)F)cc(-c6cccnc6)c5)n4)cc3n21. The summed E-state index contributed by atoms with van der Waals surface area (Å²) >= 11 is 0. The molecule has 0 spiro atoms. The van der Waals surface area contributed by atoms with Gasteiger partial charge < -0.3 is 18.6 Å². The first-order valence-corrected chi connectivity index (χ1v) is 13.4. The number of rotatable bonds is 6. The van der Waals surface area contributed by atoms with Gasteiger partial charge in [0.1, 0.15) is 11.4 Å². The summed E-state index contributed by atoms with van der Waals surface area (Å²) in [6.07, 6.45) is 0.175. The molecule has 216 valence electrons. The number of halogens is 3. The molecule has 11 heteroatoms. The molecule has 4 heterocycles. The lowest BCUT2D eigenvalue weighted by Gasteiger charge is -2.22. The third-order valence-electron chi connectivity index (χ3n) is 6.91. The molecule has 1 atom stereocenters. The molecule has 5 aromatic rings. The number of alkyl halides is 3. The number of pyridine rings is 1. The van der Waals surface area contributed by atoms with Crippen LogP contribution in [0.1, 0.15) is 45.3 Å². The topological polar surface area (TPSA) is 92.3 Å². The van der Waals surface area contributed by atoms with Crippen LogP contribution in [-0.2, 0) is 16.0 Å². The number of fused-ring (bicyclic) bond motifs is 3. The standard InChI is InChI=1S/C31H27F3N4O4/c1-30(2,3)41-27(39)16-24-9-8-23-12-18-6-7-19(15-26(18)38(23)24)28-36-29(42-37-28)22-11-21(20-5-4-10-35-17-20)13-25(14-22)40-31(32,33)34/h4-7,10-15,17,24H,8-9,16H2,1-3H3. The van der Waals surface area contributed by atoms with E-state index in [4.69, 9.17) is 9.26 Å². The Morgan fingerprint density at radius 1 is 1.02 bits per heavy atom. The van der Waals surface area contributed by atoms with Gasteiger partial charge in [-0.05, 0) is 81.0 Å². The summed E-state index contributed by atoms with van der Waals surface area (Å²) in [6, 6.07) is 15.4. The van der Waals surface area contributed by atoms with Crippen molar-refractivity contribution in [3.63, 3.8) is 0 Å². The molecule has 42 heavy (non-hydrogen) atoms. The highest BCUT2D eigenvalue weighted by atomic mass is 19.4. The van der Waals surface area contributed by atoms with Crippen LogP contribution in [0.15, 0.2) is 71.5 Å². The van der Waals surface area contributed by atoms with Crippen LogP contribution in [0, 0.1) is 0 Å². The van der Waals surface area contributed by atoms with Crippen molar-refractivity contribution in [2.75, 3.05) is 0 Å². The number of nitrogens with zero attached hydrogens (tertiary/aromatic N) is 4. The van der Waals surface area contributed by atoms with Crippen LogP contribution < -0.4 is 4.74 Å². The normalized spacial score (nSPS) is 15.1. The van der Waals surface area contributed by atoms with E-state index < -0.39 is 17.7 Å². The second kappa shape index (κ2) is 10.3. The second-order valence-electron chi connectivity index (χ2n) is 11.2. The zero-order chi connectivity index (χ0) is 29.6. The summed E-state index contributed by atoms with van der Waals surface area (Å²) in [6.45, 7) is 5.54. The molecule has 1 aliphatic rings. The summed E-state index contributed by atoms with van der Waals surface area (Å²) in [4.78, 5) is 21.1. The number of esters is 1. The lowest BCUT2D eigenvalue weighted by molar-refractivity contribution is -0.274. The Morgan fingerprint density at radius 2 is 1.83 bits per heavy atom. The van der Waals surface area contributed by atoms with Crippen LogP contribution >= 0.6 is 0 Å². The number of hydrogen-bond acceptors (Lipinski definition) is 7. The number of hydrogen-bond donors (Lipinski definition) is 0. The van der Waals surface area contributed by atoms with E-state index in [2.05, 4.69) is 30.5 Å². The zero-order valence-electron chi connectivity index (χ0n) is 23.1. The van der Waals surface area contributed by atoms with Crippen LogP contribution in [0.5, 0.6) is 5.75 Å². The number of aromatic nitrogens is 4. The third kappa shape index (κ3) is 5.86. The molecule has 2 aromatic carbocycles. The summed E-state index contributed by atoms with van der Waals surface area (Å²) in [5, 5.41) is 5.14. The van der Waals surface area contributed by atoms with Gasteiger partial charge in [-0.2, -0.15) is 4.98 Å². The highest BCUT2D eigenvalue weighted by Crippen LogP contribution is 2.38. The Labute approximate surface area is 239 Å². The molecule has 0 saturated heterocycles. The molecule has 0 radical (unpaired) electrons. The smallest absolute Gasteiger partial charge is 0.460 e. The van der Waals surface area contributed by atoms with Gasteiger partial charge in [-0.15, -0.1) is 13.2 Å². The number of aryl methyl sites for hydroxylation is 1. The van der Waals surface area contributed by atoms with E-state index in [9.17, 15) is 18.0 Å². The quantitative estimate of drug-likeness (QED) is 0.193. The third-order valence-corrected chi connectivity index (χ3v) is 6.91. The molecule has 8 nitrogen and oxygen atoms in total. The fourth-order valence-electron chi connectivity index (χ4n) is 5.33. The van der Waals surface area contributed by atoms with Gasteiger partial charge in [-0.1, -0.05) is 23.4 Å². The number of carbonyl (C=O) groups is 1. The van der Waals surface area contributed by atoms with Crippen LogP contribution in [0.2, 0.25) is 0 Å². The highest BCUT2D eigenvalue weighted by Gasteiger charge is 2.32. The van der Waals surface area contributed by atoms with Crippen molar-refractivity contribution < 1.29 is 32.0 Å². The number of carbonyl (C=O) groups excluding carboxylic acids is 1. The minimum atomic E-state index is -4.88. The van der Waals surface area contributed by atoms with E-state index in [-0.39, 0.29) is 35.7 Å². The Hall–Kier alpha value is -4.67. The Morgan fingerprint density at radius 3 is 2.57 bits per heavy atom. The van der Waals surface area contributed by atoms with Crippen molar-refractivity contribution in [1.29, 1.82) is 0 Å². The first kappa shape index (κ1) is 27.5. The van der Waals surface area contributed by atoms with Gasteiger partial charge in [0.2, 0.25) is 5.82 Å². The maximum atomic E-state index is 13.1. The molecule has 1 aliphatic heterocycles. The molecule has 1 unspecified atom stereocenters. The molecule has 6 rings (SSSR count). The zero-order valence-corrected chi connectivity index (χ0v) is 23.1. The fraction of sp³-hybridized carbons (Fsp3) is 0.290. The summed E-state index contributed by atoms with van der Waals surface area (Å²) < 4.78 is 56.7. The van der Waals surface area contributed by atoms with Crippen LogP contribution in [-0.4, -0.2) is 37.6 Å². The molecule has 0 aliphatic carbocycles. The lowest BCUT2D eigenvalue weighted by atomic mass is 10.0. The molecule has 3 aromatic heterocycles. The first-order valence-electron chi connectivity index (χ1n) is 13.4. The molecular weight excluding hydrogens is 549 g/mol. The van der Waals surface area contributed by atoms with Gasteiger partial charge in [0.15, 0.2) is 0 Å². The molecule has 0 amide bonds. The van der Waals surface area contributed by atoms with Gasteiger partial charge in [-0.25, -0.2) is 0 Å². The van der Waals surface area contributed by atoms with Crippen molar-refractivity contribution >= 4 is 16.9 Å². The lowest BCUT2D eigenvalue weighted by Crippen LogP contribution is -2.25. The van der Waals surface area contributed by atoms with Gasteiger partial charge in [0.05, 0.1) is 6.42 Å². The van der Waals surface area contributed by atoms with Crippen molar-refractivity contribution in [1.82, 2.24) is 19.7 Å². The molecule has 0 fully saturated rings. The first-order chi connectivity index (χ1) is 19.9. The van der Waals surface area contributed by atoms with Gasteiger partial charge >= 0.3 is 12.3 Å².